The summed E-state index contributed by atoms with van der Waals surface area (Å²) in [4.78, 5) is 20.4. The minimum absolute atomic E-state index is 0.206. The highest BCUT2D eigenvalue weighted by atomic mass is 35.5. The van der Waals surface area contributed by atoms with E-state index in [9.17, 15) is 4.79 Å². The van der Waals surface area contributed by atoms with Gasteiger partial charge in [-0.1, -0.05) is 54.1 Å². The second-order valence-electron chi connectivity index (χ2n) is 8.02. The van der Waals surface area contributed by atoms with E-state index in [1.807, 2.05) is 50.2 Å². The predicted molar refractivity (Wildman–Crippen MR) is 151 cm³/mol. The molecule has 0 radical (unpaired) electrons. The number of benzene rings is 3. The molecule has 0 saturated carbocycles. The molecule has 1 aliphatic rings. The molecule has 0 atom stereocenters. The van der Waals surface area contributed by atoms with Crippen molar-refractivity contribution < 1.29 is 14.3 Å². The molecule has 8 heteroatoms. The largest absolute Gasteiger partial charge is 0.493 e. The van der Waals surface area contributed by atoms with Crippen LogP contribution in [-0.4, -0.2) is 24.8 Å². The van der Waals surface area contributed by atoms with E-state index in [1.165, 1.54) is 11.8 Å². The van der Waals surface area contributed by atoms with E-state index in [1.54, 1.807) is 42.4 Å². The number of carbonyl (C=O) groups is 1. The molecule has 1 heterocycles. The fourth-order valence-corrected chi connectivity index (χ4v) is 4.80. The van der Waals surface area contributed by atoms with Crippen molar-refractivity contribution in [1.29, 1.82) is 0 Å². The fourth-order valence-electron chi connectivity index (χ4n) is 3.45. The molecule has 1 saturated heterocycles. The first-order chi connectivity index (χ1) is 17.3. The standard InChI is InChI=1S/C28H24Cl2N2O3S/c1-5-12-35-24-11-8-19(13-25(24)34-4)14-26-27(33)32(21-10-7-18(3)23(30)16-21)28(36-26)31-20-9-6-17(2)22(29)15-20/h5-11,13-16H,1,12H2,2-4H3/b26-14+,31-28?. The van der Waals surface area contributed by atoms with Crippen molar-refractivity contribution in [2.24, 2.45) is 4.99 Å². The maximum absolute atomic E-state index is 13.6. The molecule has 0 N–H and O–H groups in total. The van der Waals surface area contributed by atoms with Crippen molar-refractivity contribution in [3.05, 3.63) is 98.9 Å². The van der Waals surface area contributed by atoms with E-state index in [0.717, 1.165) is 16.7 Å². The first kappa shape index (κ1) is 25.9. The van der Waals surface area contributed by atoms with Gasteiger partial charge in [0.1, 0.15) is 6.61 Å². The highest BCUT2D eigenvalue weighted by Gasteiger charge is 2.35. The van der Waals surface area contributed by atoms with Gasteiger partial charge >= 0.3 is 0 Å². The molecule has 0 unspecified atom stereocenters. The Hall–Kier alpha value is -3.19. The Morgan fingerprint density at radius 2 is 1.72 bits per heavy atom. The monoisotopic (exact) mass is 538 g/mol. The molecule has 1 fully saturated rings. The maximum atomic E-state index is 13.6. The molecule has 4 rings (SSSR count). The Kier molecular flexibility index (Phi) is 8.09. The summed E-state index contributed by atoms with van der Waals surface area (Å²) in [7, 11) is 1.57. The van der Waals surface area contributed by atoms with E-state index in [2.05, 4.69) is 6.58 Å². The Labute approximate surface area is 225 Å². The van der Waals surface area contributed by atoms with Gasteiger partial charge in [-0.25, -0.2) is 4.99 Å². The normalized spacial score (nSPS) is 15.6. The zero-order valence-corrected chi connectivity index (χ0v) is 22.4. The molecule has 1 amide bonds. The lowest BCUT2D eigenvalue weighted by atomic mass is 10.1. The molecule has 3 aromatic carbocycles. The highest BCUT2D eigenvalue weighted by molar-refractivity contribution is 8.19. The summed E-state index contributed by atoms with van der Waals surface area (Å²) in [6.07, 6.45) is 3.47. The molecular weight excluding hydrogens is 515 g/mol. The van der Waals surface area contributed by atoms with Crippen LogP contribution in [0.15, 0.2) is 77.1 Å². The molecule has 0 aliphatic carbocycles. The summed E-state index contributed by atoms with van der Waals surface area (Å²) in [5.41, 5.74) is 3.94. The number of nitrogens with zero attached hydrogens (tertiary/aromatic N) is 2. The van der Waals surface area contributed by atoms with Gasteiger partial charge in [-0.05, 0) is 84.8 Å². The Morgan fingerprint density at radius 1 is 1.00 bits per heavy atom. The van der Waals surface area contributed by atoms with Gasteiger partial charge in [0.2, 0.25) is 0 Å². The van der Waals surface area contributed by atoms with Gasteiger partial charge in [0.15, 0.2) is 16.7 Å². The Morgan fingerprint density at radius 3 is 2.39 bits per heavy atom. The number of aliphatic imine (C=N–C) groups is 1. The van der Waals surface area contributed by atoms with Crippen LogP contribution in [0.3, 0.4) is 0 Å². The van der Waals surface area contributed by atoms with Crippen LogP contribution in [0.2, 0.25) is 10.0 Å². The predicted octanol–water partition coefficient (Wildman–Crippen LogP) is 7.99. The molecular formula is C28H24Cl2N2O3S. The summed E-state index contributed by atoms with van der Waals surface area (Å²) in [5, 5.41) is 1.68. The molecule has 0 bridgehead atoms. The van der Waals surface area contributed by atoms with E-state index in [0.29, 0.717) is 49.6 Å². The lowest BCUT2D eigenvalue weighted by molar-refractivity contribution is -0.113. The van der Waals surface area contributed by atoms with Crippen LogP contribution in [0.25, 0.3) is 6.08 Å². The molecule has 184 valence electrons. The number of halogens is 2. The first-order valence-corrected chi connectivity index (χ1v) is 12.6. The van der Waals surface area contributed by atoms with Crippen molar-refractivity contribution in [3.8, 4) is 11.5 Å². The number of hydrogen-bond acceptors (Lipinski definition) is 5. The van der Waals surface area contributed by atoms with Crippen LogP contribution in [0.1, 0.15) is 16.7 Å². The van der Waals surface area contributed by atoms with Crippen LogP contribution in [-0.2, 0) is 4.79 Å². The summed E-state index contributed by atoms with van der Waals surface area (Å²) in [6.45, 7) is 7.87. The zero-order chi connectivity index (χ0) is 25.8. The number of amidine groups is 1. The van der Waals surface area contributed by atoms with Gasteiger partial charge in [-0.3, -0.25) is 9.69 Å². The molecule has 1 aliphatic heterocycles. The van der Waals surface area contributed by atoms with Gasteiger partial charge in [-0.15, -0.1) is 0 Å². The fraction of sp³-hybridized carbons (Fsp3) is 0.143. The average Bonchev–Trinajstić information content (AvgIpc) is 3.16. The van der Waals surface area contributed by atoms with Gasteiger partial charge < -0.3 is 9.47 Å². The van der Waals surface area contributed by atoms with Gasteiger partial charge in [0.05, 0.1) is 23.4 Å². The van der Waals surface area contributed by atoms with Crippen molar-refractivity contribution in [2.45, 2.75) is 13.8 Å². The quantitative estimate of drug-likeness (QED) is 0.226. The van der Waals surface area contributed by atoms with E-state index < -0.39 is 0 Å². The molecule has 36 heavy (non-hydrogen) atoms. The van der Waals surface area contributed by atoms with Crippen LogP contribution in [0.5, 0.6) is 11.5 Å². The molecule has 0 aromatic heterocycles. The Balaban J connectivity index is 1.76. The van der Waals surface area contributed by atoms with Crippen LogP contribution < -0.4 is 14.4 Å². The lowest BCUT2D eigenvalue weighted by Crippen LogP contribution is -2.28. The van der Waals surface area contributed by atoms with Crippen LogP contribution >= 0.6 is 35.0 Å². The summed E-state index contributed by atoms with van der Waals surface area (Å²) < 4.78 is 11.1. The van der Waals surface area contributed by atoms with E-state index >= 15 is 0 Å². The second-order valence-corrected chi connectivity index (χ2v) is 9.85. The number of methoxy groups -OCH3 is 1. The number of carbonyl (C=O) groups excluding carboxylic acids is 1. The topological polar surface area (TPSA) is 51.1 Å². The molecule has 5 nitrogen and oxygen atoms in total. The third kappa shape index (κ3) is 5.62. The number of aryl methyl sites for hydroxylation is 2. The van der Waals surface area contributed by atoms with Crippen molar-refractivity contribution in [2.75, 3.05) is 18.6 Å². The summed E-state index contributed by atoms with van der Waals surface area (Å²) in [6, 6.07) is 16.5. The SMILES string of the molecule is C=CCOc1ccc(/C=C2/SC(=Nc3ccc(C)c(Cl)c3)N(c3ccc(C)c(Cl)c3)C2=O)cc1OC. The zero-order valence-electron chi connectivity index (χ0n) is 20.0. The van der Waals surface area contributed by atoms with Crippen LogP contribution in [0, 0.1) is 13.8 Å². The third-order valence-electron chi connectivity index (χ3n) is 5.44. The van der Waals surface area contributed by atoms with Crippen molar-refractivity contribution in [3.63, 3.8) is 0 Å². The lowest BCUT2D eigenvalue weighted by Gasteiger charge is -2.16. The molecule has 0 spiro atoms. The average molecular weight is 539 g/mol. The second kappa shape index (κ2) is 11.2. The number of ether oxygens (including phenoxy) is 2. The van der Waals surface area contributed by atoms with E-state index in [4.69, 9.17) is 37.7 Å². The minimum atomic E-state index is -0.206. The number of thioether (sulfide) groups is 1. The number of rotatable bonds is 7. The maximum Gasteiger partial charge on any atom is 0.271 e. The van der Waals surface area contributed by atoms with Crippen molar-refractivity contribution in [1.82, 2.24) is 0 Å². The highest BCUT2D eigenvalue weighted by Crippen LogP contribution is 2.39. The molecule has 3 aromatic rings. The Bertz CT molecular complexity index is 1400. The first-order valence-electron chi connectivity index (χ1n) is 11.1. The summed E-state index contributed by atoms with van der Waals surface area (Å²) >= 11 is 14.0. The van der Waals surface area contributed by atoms with Gasteiger partial charge in [0, 0.05) is 10.0 Å². The van der Waals surface area contributed by atoms with Crippen molar-refractivity contribution >= 4 is 63.5 Å². The minimum Gasteiger partial charge on any atom is -0.493 e. The number of anilines is 1. The van der Waals surface area contributed by atoms with Gasteiger partial charge in [-0.2, -0.15) is 0 Å². The number of hydrogen-bond donors (Lipinski definition) is 0. The smallest absolute Gasteiger partial charge is 0.271 e. The number of amides is 1. The third-order valence-corrected chi connectivity index (χ3v) is 7.23. The van der Waals surface area contributed by atoms with Gasteiger partial charge in [0.25, 0.3) is 5.91 Å². The summed E-state index contributed by atoms with van der Waals surface area (Å²) in [5.74, 6) is 0.953. The van der Waals surface area contributed by atoms with Crippen LogP contribution in [0.4, 0.5) is 11.4 Å². The van der Waals surface area contributed by atoms with E-state index in [-0.39, 0.29) is 5.91 Å².